The van der Waals surface area contributed by atoms with E-state index in [0.717, 1.165) is 31.0 Å². The molecule has 0 atom stereocenters. The molecule has 2 N–H and O–H groups in total. The van der Waals surface area contributed by atoms with E-state index in [4.69, 9.17) is 21.7 Å². The molecule has 22 heavy (non-hydrogen) atoms. The summed E-state index contributed by atoms with van der Waals surface area (Å²) in [5.41, 5.74) is 0.955. The highest BCUT2D eigenvalue weighted by atomic mass is 32.1. The monoisotopic (exact) mass is 322 g/mol. The molecule has 4 nitrogen and oxygen atoms in total. The molecule has 0 radical (unpaired) electrons. The van der Waals surface area contributed by atoms with Gasteiger partial charge in [0, 0.05) is 18.8 Å². The van der Waals surface area contributed by atoms with Gasteiger partial charge in [-0.1, -0.05) is 19.3 Å². The standard InChI is InChI=1S/C17H26N2O2S/c1-20-15-10-8-14(9-11-15)19-17(22)18-12-5-13-21-16-6-3-2-4-7-16/h8-11,16H,2-7,12-13H2,1H3,(H2,18,19,22). The molecule has 1 fully saturated rings. The van der Waals surface area contributed by atoms with E-state index >= 15 is 0 Å². The largest absolute Gasteiger partial charge is 0.497 e. The maximum Gasteiger partial charge on any atom is 0.170 e. The summed E-state index contributed by atoms with van der Waals surface area (Å²) in [6.07, 6.45) is 7.92. The van der Waals surface area contributed by atoms with Gasteiger partial charge >= 0.3 is 0 Å². The Bertz CT molecular complexity index is 444. The average molecular weight is 322 g/mol. The number of anilines is 1. The molecule has 0 bridgehead atoms. The van der Waals surface area contributed by atoms with Gasteiger partial charge in [0.2, 0.25) is 0 Å². The number of hydrogen-bond acceptors (Lipinski definition) is 3. The van der Waals surface area contributed by atoms with Crippen LogP contribution in [0.4, 0.5) is 5.69 Å². The van der Waals surface area contributed by atoms with E-state index in [0.29, 0.717) is 11.2 Å². The maximum absolute atomic E-state index is 5.89. The minimum absolute atomic E-state index is 0.484. The van der Waals surface area contributed by atoms with Gasteiger partial charge in [-0.05, 0) is 55.7 Å². The van der Waals surface area contributed by atoms with Crippen molar-refractivity contribution in [3.63, 3.8) is 0 Å². The summed E-state index contributed by atoms with van der Waals surface area (Å²) in [4.78, 5) is 0. The fourth-order valence-corrected chi connectivity index (χ4v) is 2.83. The van der Waals surface area contributed by atoms with Crippen LogP contribution in [0.25, 0.3) is 0 Å². The number of ether oxygens (including phenoxy) is 2. The molecule has 1 saturated carbocycles. The first-order valence-electron chi connectivity index (χ1n) is 8.08. The van der Waals surface area contributed by atoms with Crippen LogP contribution in [0.15, 0.2) is 24.3 Å². The SMILES string of the molecule is COc1ccc(NC(=S)NCCCOC2CCCCC2)cc1. The van der Waals surface area contributed by atoms with Gasteiger partial charge < -0.3 is 20.1 Å². The number of rotatable bonds is 7. The first kappa shape index (κ1) is 17.0. The lowest BCUT2D eigenvalue weighted by Crippen LogP contribution is -2.30. The van der Waals surface area contributed by atoms with Crippen molar-refractivity contribution in [1.82, 2.24) is 5.32 Å². The van der Waals surface area contributed by atoms with E-state index in [1.54, 1.807) is 7.11 Å². The van der Waals surface area contributed by atoms with Gasteiger partial charge in [-0.15, -0.1) is 0 Å². The molecule has 0 unspecified atom stereocenters. The quantitative estimate of drug-likeness (QED) is 0.591. The number of hydrogen-bond donors (Lipinski definition) is 2. The Morgan fingerprint density at radius 1 is 1.18 bits per heavy atom. The highest BCUT2D eigenvalue weighted by molar-refractivity contribution is 7.80. The van der Waals surface area contributed by atoms with Crippen LogP contribution >= 0.6 is 12.2 Å². The van der Waals surface area contributed by atoms with Crippen molar-refractivity contribution < 1.29 is 9.47 Å². The molecule has 0 amide bonds. The summed E-state index contributed by atoms with van der Waals surface area (Å²) >= 11 is 5.28. The van der Waals surface area contributed by atoms with Crippen LogP contribution in [0.5, 0.6) is 5.75 Å². The van der Waals surface area contributed by atoms with Crippen LogP contribution in [-0.2, 0) is 4.74 Å². The summed E-state index contributed by atoms with van der Waals surface area (Å²) in [5.74, 6) is 0.837. The molecule has 0 aromatic heterocycles. The Labute approximate surface area is 138 Å². The molecule has 1 aromatic carbocycles. The second-order valence-electron chi connectivity index (χ2n) is 5.59. The first-order chi connectivity index (χ1) is 10.8. The smallest absolute Gasteiger partial charge is 0.170 e. The zero-order valence-electron chi connectivity index (χ0n) is 13.3. The molecular formula is C17H26N2O2S. The van der Waals surface area contributed by atoms with Crippen molar-refractivity contribution in [2.45, 2.75) is 44.6 Å². The average Bonchev–Trinajstić information content (AvgIpc) is 2.56. The number of thiocarbonyl (C=S) groups is 1. The molecular weight excluding hydrogens is 296 g/mol. The Hall–Kier alpha value is -1.33. The van der Waals surface area contributed by atoms with Crippen LogP contribution in [-0.4, -0.2) is 31.5 Å². The van der Waals surface area contributed by atoms with Crippen molar-refractivity contribution >= 4 is 23.0 Å². The summed E-state index contributed by atoms with van der Waals surface area (Å²) in [7, 11) is 1.66. The van der Waals surface area contributed by atoms with Crippen LogP contribution < -0.4 is 15.4 Å². The van der Waals surface area contributed by atoms with Gasteiger partial charge in [0.1, 0.15) is 5.75 Å². The minimum Gasteiger partial charge on any atom is -0.497 e. The number of methoxy groups -OCH3 is 1. The third-order valence-electron chi connectivity index (χ3n) is 3.86. The van der Waals surface area contributed by atoms with E-state index in [2.05, 4.69) is 10.6 Å². The zero-order chi connectivity index (χ0) is 15.6. The van der Waals surface area contributed by atoms with Crippen LogP contribution in [0.2, 0.25) is 0 Å². The normalized spacial score (nSPS) is 15.3. The summed E-state index contributed by atoms with van der Waals surface area (Å²) < 4.78 is 11.0. The van der Waals surface area contributed by atoms with E-state index in [-0.39, 0.29) is 0 Å². The second-order valence-corrected chi connectivity index (χ2v) is 6.00. The lowest BCUT2D eigenvalue weighted by atomic mass is 9.98. The van der Waals surface area contributed by atoms with Crippen LogP contribution in [0.3, 0.4) is 0 Å². The third kappa shape index (κ3) is 6.20. The topological polar surface area (TPSA) is 42.5 Å². The predicted octanol–water partition coefficient (Wildman–Crippen LogP) is 3.72. The highest BCUT2D eigenvalue weighted by Gasteiger charge is 2.12. The minimum atomic E-state index is 0.484. The van der Waals surface area contributed by atoms with Gasteiger partial charge in [0.15, 0.2) is 5.11 Å². The van der Waals surface area contributed by atoms with E-state index in [1.165, 1.54) is 32.1 Å². The Kier molecular flexibility index (Phi) is 7.46. The first-order valence-corrected chi connectivity index (χ1v) is 8.49. The summed E-state index contributed by atoms with van der Waals surface area (Å²) in [6, 6.07) is 7.70. The summed E-state index contributed by atoms with van der Waals surface area (Å²) in [5, 5.41) is 7.01. The summed E-state index contributed by atoms with van der Waals surface area (Å²) in [6.45, 7) is 1.64. The van der Waals surface area contributed by atoms with Crippen LogP contribution in [0.1, 0.15) is 38.5 Å². The molecule has 0 aliphatic heterocycles. The van der Waals surface area contributed by atoms with Gasteiger partial charge in [-0.3, -0.25) is 0 Å². The highest BCUT2D eigenvalue weighted by Crippen LogP contribution is 2.20. The molecule has 1 aromatic rings. The Balaban J connectivity index is 1.55. The molecule has 1 aliphatic carbocycles. The number of nitrogens with one attached hydrogen (secondary N) is 2. The third-order valence-corrected chi connectivity index (χ3v) is 4.11. The molecule has 0 spiro atoms. The van der Waals surface area contributed by atoms with Gasteiger partial charge in [0.05, 0.1) is 13.2 Å². The van der Waals surface area contributed by atoms with E-state index < -0.39 is 0 Å². The lowest BCUT2D eigenvalue weighted by molar-refractivity contribution is 0.0277. The lowest BCUT2D eigenvalue weighted by Gasteiger charge is -2.22. The van der Waals surface area contributed by atoms with Gasteiger partial charge in [-0.2, -0.15) is 0 Å². The van der Waals surface area contributed by atoms with Crippen molar-refractivity contribution in [3.05, 3.63) is 24.3 Å². The zero-order valence-corrected chi connectivity index (χ0v) is 14.1. The Morgan fingerprint density at radius 2 is 1.91 bits per heavy atom. The van der Waals surface area contributed by atoms with Gasteiger partial charge in [-0.25, -0.2) is 0 Å². The van der Waals surface area contributed by atoms with Crippen molar-refractivity contribution in [3.8, 4) is 5.75 Å². The molecule has 1 aliphatic rings. The number of benzene rings is 1. The van der Waals surface area contributed by atoms with E-state index in [9.17, 15) is 0 Å². The molecule has 122 valence electrons. The van der Waals surface area contributed by atoms with Crippen LogP contribution in [0, 0.1) is 0 Å². The van der Waals surface area contributed by atoms with Gasteiger partial charge in [0.25, 0.3) is 0 Å². The molecule has 0 heterocycles. The van der Waals surface area contributed by atoms with Crippen molar-refractivity contribution in [2.75, 3.05) is 25.6 Å². The molecule has 0 saturated heterocycles. The van der Waals surface area contributed by atoms with Crippen molar-refractivity contribution in [2.24, 2.45) is 0 Å². The van der Waals surface area contributed by atoms with E-state index in [1.807, 2.05) is 24.3 Å². The fraction of sp³-hybridized carbons (Fsp3) is 0.588. The van der Waals surface area contributed by atoms with Crippen molar-refractivity contribution in [1.29, 1.82) is 0 Å². The Morgan fingerprint density at radius 3 is 2.59 bits per heavy atom. The molecule has 2 rings (SSSR count). The fourth-order valence-electron chi connectivity index (χ4n) is 2.61. The maximum atomic E-state index is 5.89. The second kappa shape index (κ2) is 9.64. The predicted molar refractivity (Wildman–Crippen MR) is 94.7 cm³/mol. The molecule has 5 heteroatoms.